The van der Waals surface area contributed by atoms with E-state index in [9.17, 15) is 0 Å². The SMILES string of the molecule is CCCCOc1ccc(-c2cc(-c3cc(OC)c(OC)cc3OC)sn2)cc1. The Kier molecular flexibility index (Phi) is 6.76. The predicted molar refractivity (Wildman–Crippen MR) is 113 cm³/mol. The Labute approximate surface area is 170 Å². The molecule has 2 aromatic carbocycles. The number of nitrogens with zero attached hydrogens (tertiary/aromatic N) is 1. The van der Waals surface area contributed by atoms with Gasteiger partial charge in [-0.1, -0.05) is 13.3 Å². The second-order valence-electron chi connectivity index (χ2n) is 6.21. The molecule has 0 bridgehead atoms. The first-order chi connectivity index (χ1) is 13.7. The van der Waals surface area contributed by atoms with Crippen molar-refractivity contribution in [3.8, 4) is 44.7 Å². The summed E-state index contributed by atoms with van der Waals surface area (Å²) in [6.45, 7) is 2.90. The molecule has 3 rings (SSSR count). The van der Waals surface area contributed by atoms with Gasteiger partial charge in [0.05, 0.1) is 38.5 Å². The van der Waals surface area contributed by atoms with Gasteiger partial charge in [-0.2, -0.15) is 4.37 Å². The van der Waals surface area contributed by atoms with E-state index >= 15 is 0 Å². The number of aromatic nitrogens is 1. The van der Waals surface area contributed by atoms with Crippen LogP contribution in [0.4, 0.5) is 0 Å². The number of methoxy groups -OCH3 is 3. The molecule has 0 fully saturated rings. The van der Waals surface area contributed by atoms with Gasteiger partial charge in [-0.05, 0) is 54.4 Å². The molecule has 0 atom stereocenters. The molecule has 0 amide bonds. The van der Waals surface area contributed by atoms with Gasteiger partial charge in [0.1, 0.15) is 11.5 Å². The zero-order valence-corrected chi connectivity index (χ0v) is 17.5. The van der Waals surface area contributed by atoms with Gasteiger partial charge in [-0.3, -0.25) is 0 Å². The van der Waals surface area contributed by atoms with Crippen molar-refractivity contribution in [1.29, 1.82) is 0 Å². The standard InChI is InChI=1S/C22H25NO4S/c1-5-6-11-27-16-9-7-15(8-10-16)18-13-22(28-23-18)17-12-20(25-3)21(26-4)14-19(17)24-2/h7-10,12-14H,5-6,11H2,1-4H3. The number of rotatable bonds is 9. The molecule has 148 valence electrons. The molecular formula is C22H25NO4S. The van der Waals surface area contributed by atoms with E-state index in [0.717, 1.165) is 46.9 Å². The lowest BCUT2D eigenvalue weighted by Crippen LogP contribution is -1.95. The molecule has 0 spiro atoms. The third-order valence-electron chi connectivity index (χ3n) is 4.40. The predicted octanol–water partition coefficient (Wildman–Crippen LogP) is 5.68. The monoisotopic (exact) mass is 399 g/mol. The van der Waals surface area contributed by atoms with Gasteiger partial charge in [0, 0.05) is 17.2 Å². The number of ether oxygens (including phenoxy) is 4. The van der Waals surface area contributed by atoms with Gasteiger partial charge in [0.25, 0.3) is 0 Å². The van der Waals surface area contributed by atoms with Crippen LogP contribution in [0, 0.1) is 0 Å². The van der Waals surface area contributed by atoms with E-state index in [-0.39, 0.29) is 0 Å². The Balaban J connectivity index is 1.86. The van der Waals surface area contributed by atoms with E-state index in [0.29, 0.717) is 17.2 Å². The zero-order valence-electron chi connectivity index (χ0n) is 16.7. The molecule has 3 aromatic rings. The molecule has 5 nitrogen and oxygen atoms in total. The van der Waals surface area contributed by atoms with Crippen LogP contribution < -0.4 is 18.9 Å². The third-order valence-corrected chi connectivity index (χ3v) is 5.22. The van der Waals surface area contributed by atoms with Crippen LogP contribution in [0.1, 0.15) is 19.8 Å². The Morgan fingerprint density at radius 1 is 0.857 bits per heavy atom. The van der Waals surface area contributed by atoms with Crippen LogP contribution in [0.15, 0.2) is 42.5 Å². The molecule has 28 heavy (non-hydrogen) atoms. The van der Waals surface area contributed by atoms with Gasteiger partial charge in [0.15, 0.2) is 11.5 Å². The molecule has 0 saturated heterocycles. The summed E-state index contributed by atoms with van der Waals surface area (Å²) in [4.78, 5) is 0.996. The van der Waals surface area contributed by atoms with E-state index in [1.807, 2.05) is 36.4 Å². The quantitative estimate of drug-likeness (QED) is 0.433. The highest BCUT2D eigenvalue weighted by Gasteiger charge is 2.16. The molecule has 0 aliphatic heterocycles. The summed E-state index contributed by atoms with van der Waals surface area (Å²) in [6, 6.07) is 13.8. The molecule has 0 aliphatic rings. The maximum absolute atomic E-state index is 5.73. The van der Waals surface area contributed by atoms with Crippen molar-refractivity contribution < 1.29 is 18.9 Å². The molecule has 0 saturated carbocycles. The molecule has 0 unspecified atom stereocenters. The Morgan fingerprint density at radius 2 is 1.54 bits per heavy atom. The number of benzene rings is 2. The van der Waals surface area contributed by atoms with Crippen molar-refractivity contribution in [3.63, 3.8) is 0 Å². The van der Waals surface area contributed by atoms with Crippen molar-refractivity contribution >= 4 is 11.5 Å². The maximum Gasteiger partial charge on any atom is 0.164 e. The van der Waals surface area contributed by atoms with Gasteiger partial charge in [0.2, 0.25) is 0 Å². The first kappa shape index (κ1) is 20.0. The summed E-state index contributed by atoms with van der Waals surface area (Å²) in [5.41, 5.74) is 2.88. The maximum atomic E-state index is 5.73. The smallest absolute Gasteiger partial charge is 0.164 e. The van der Waals surface area contributed by atoms with Crippen LogP contribution in [-0.2, 0) is 0 Å². The van der Waals surface area contributed by atoms with Gasteiger partial charge < -0.3 is 18.9 Å². The topological polar surface area (TPSA) is 49.8 Å². The van der Waals surface area contributed by atoms with Crippen LogP contribution in [-0.4, -0.2) is 32.3 Å². The normalized spacial score (nSPS) is 10.6. The first-order valence-corrected chi connectivity index (χ1v) is 9.97. The molecule has 0 N–H and O–H groups in total. The number of hydrogen-bond acceptors (Lipinski definition) is 6. The fourth-order valence-electron chi connectivity index (χ4n) is 2.82. The summed E-state index contributed by atoms with van der Waals surface area (Å²) in [5.74, 6) is 2.88. The van der Waals surface area contributed by atoms with Crippen LogP contribution in [0.3, 0.4) is 0 Å². The summed E-state index contributed by atoms with van der Waals surface area (Å²) in [6.07, 6.45) is 2.18. The lowest BCUT2D eigenvalue weighted by Gasteiger charge is -2.12. The van der Waals surface area contributed by atoms with Crippen molar-refractivity contribution in [2.75, 3.05) is 27.9 Å². The lowest BCUT2D eigenvalue weighted by molar-refractivity contribution is 0.309. The van der Waals surface area contributed by atoms with Crippen LogP contribution in [0.2, 0.25) is 0 Å². The second kappa shape index (κ2) is 9.46. The lowest BCUT2D eigenvalue weighted by atomic mass is 10.1. The Bertz CT molecular complexity index is 905. The van der Waals surface area contributed by atoms with Crippen LogP contribution in [0.5, 0.6) is 23.0 Å². The minimum Gasteiger partial charge on any atom is -0.496 e. The average molecular weight is 400 g/mol. The highest BCUT2D eigenvalue weighted by Crippen LogP contribution is 2.42. The van der Waals surface area contributed by atoms with Crippen molar-refractivity contribution in [1.82, 2.24) is 4.37 Å². The van der Waals surface area contributed by atoms with E-state index in [1.54, 1.807) is 21.3 Å². The van der Waals surface area contributed by atoms with E-state index in [4.69, 9.17) is 18.9 Å². The molecule has 6 heteroatoms. The highest BCUT2D eigenvalue weighted by atomic mass is 32.1. The Morgan fingerprint density at radius 3 is 2.18 bits per heavy atom. The van der Waals surface area contributed by atoms with Gasteiger partial charge in [-0.25, -0.2) is 0 Å². The molecule has 0 aliphatic carbocycles. The third kappa shape index (κ3) is 4.39. The fraction of sp³-hybridized carbons (Fsp3) is 0.318. The van der Waals surface area contributed by atoms with Crippen LogP contribution in [0.25, 0.3) is 21.7 Å². The van der Waals surface area contributed by atoms with Gasteiger partial charge in [-0.15, -0.1) is 0 Å². The Hall–Kier alpha value is -2.73. The molecule has 1 aromatic heterocycles. The van der Waals surface area contributed by atoms with E-state index < -0.39 is 0 Å². The molecule has 1 heterocycles. The van der Waals surface area contributed by atoms with Gasteiger partial charge >= 0.3 is 0 Å². The highest BCUT2D eigenvalue weighted by molar-refractivity contribution is 7.09. The summed E-state index contributed by atoms with van der Waals surface area (Å²) in [5, 5.41) is 0. The summed E-state index contributed by atoms with van der Waals surface area (Å²) >= 11 is 1.42. The largest absolute Gasteiger partial charge is 0.496 e. The minimum absolute atomic E-state index is 0.631. The number of unbranched alkanes of at least 4 members (excludes halogenated alkanes) is 1. The van der Waals surface area contributed by atoms with Crippen LogP contribution >= 0.6 is 11.5 Å². The van der Waals surface area contributed by atoms with Crippen molar-refractivity contribution in [2.45, 2.75) is 19.8 Å². The first-order valence-electron chi connectivity index (χ1n) is 9.20. The number of hydrogen-bond donors (Lipinski definition) is 0. The zero-order chi connectivity index (χ0) is 19.9. The summed E-state index contributed by atoms with van der Waals surface area (Å²) < 4.78 is 26.7. The van der Waals surface area contributed by atoms with E-state index in [1.165, 1.54) is 11.5 Å². The van der Waals surface area contributed by atoms with Crippen molar-refractivity contribution in [3.05, 3.63) is 42.5 Å². The fourth-order valence-corrected chi connectivity index (χ4v) is 3.59. The average Bonchev–Trinajstić information content (AvgIpc) is 3.23. The molecular weight excluding hydrogens is 374 g/mol. The minimum atomic E-state index is 0.631. The molecule has 0 radical (unpaired) electrons. The van der Waals surface area contributed by atoms with Crippen molar-refractivity contribution in [2.24, 2.45) is 0 Å². The second-order valence-corrected chi connectivity index (χ2v) is 7.02. The summed E-state index contributed by atoms with van der Waals surface area (Å²) in [7, 11) is 4.87. The van der Waals surface area contributed by atoms with E-state index in [2.05, 4.69) is 17.4 Å².